The van der Waals surface area contributed by atoms with Gasteiger partial charge in [-0.05, 0) is 71.8 Å². The quantitative estimate of drug-likeness (QED) is 0.193. The second kappa shape index (κ2) is 12.2. The Bertz CT molecular complexity index is 1340. The summed E-state index contributed by atoms with van der Waals surface area (Å²) in [4.78, 5) is 2.24. The van der Waals surface area contributed by atoms with E-state index in [1.165, 1.54) is 0 Å². The van der Waals surface area contributed by atoms with Gasteiger partial charge < -0.3 is 4.90 Å². The molecule has 0 aromatic heterocycles. The molecule has 0 bridgehead atoms. The smallest absolute Gasteiger partial charge is 0.0853 e. The minimum absolute atomic E-state index is 0.534. The predicted octanol–water partition coefficient (Wildman–Crippen LogP) is 9.72. The van der Waals surface area contributed by atoms with E-state index in [1.807, 2.05) is 66.7 Å². The van der Waals surface area contributed by atoms with Crippen LogP contribution in [0.15, 0.2) is 160 Å². The molecule has 0 fully saturated rings. The van der Waals surface area contributed by atoms with Gasteiger partial charge in [0, 0.05) is 17.1 Å². The number of hydrogen-bond acceptors (Lipinski definition) is 5. The third-order valence-electron chi connectivity index (χ3n) is 5.79. The highest BCUT2D eigenvalue weighted by Crippen LogP contribution is 2.34. The molecule has 5 nitrogen and oxygen atoms in total. The van der Waals surface area contributed by atoms with E-state index in [0.29, 0.717) is 13.1 Å². The molecule has 0 saturated heterocycles. The Balaban J connectivity index is 1.32. The zero-order valence-corrected chi connectivity index (χ0v) is 20.4. The van der Waals surface area contributed by atoms with E-state index in [2.05, 4.69) is 98.2 Å². The largest absolute Gasteiger partial charge is 0.311 e. The van der Waals surface area contributed by atoms with Crippen molar-refractivity contribution in [1.82, 2.24) is 0 Å². The summed E-state index contributed by atoms with van der Waals surface area (Å²) in [7, 11) is 0. The van der Waals surface area contributed by atoms with Gasteiger partial charge in [0.2, 0.25) is 0 Å². The van der Waals surface area contributed by atoms with Crippen molar-refractivity contribution in [3.63, 3.8) is 0 Å². The van der Waals surface area contributed by atoms with Crippen LogP contribution in [0.25, 0.3) is 0 Å². The fourth-order valence-corrected chi connectivity index (χ4v) is 3.91. The van der Waals surface area contributed by atoms with Crippen LogP contribution in [0.1, 0.15) is 11.1 Å². The van der Waals surface area contributed by atoms with E-state index >= 15 is 0 Å². The molecule has 180 valence electrons. The Morgan fingerprint density at radius 3 is 1.14 bits per heavy atom. The first-order valence-electron chi connectivity index (χ1n) is 12.2. The lowest BCUT2D eigenvalue weighted by molar-refractivity contribution is 0.958. The minimum Gasteiger partial charge on any atom is -0.311 e. The summed E-state index contributed by atoms with van der Waals surface area (Å²) < 4.78 is 0. The van der Waals surface area contributed by atoms with E-state index in [9.17, 15) is 0 Å². The van der Waals surface area contributed by atoms with Gasteiger partial charge in [0.05, 0.1) is 24.5 Å². The third kappa shape index (κ3) is 6.61. The SMILES string of the molecule is c1ccc(N=NCc2ccc(N(c3ccccc3)c3ccc(CN=Nc4ccccc4)cc3)cc2)cc1. The fraction of sp³-hybridized carbons (Fsp3) is 0.0625. The maximum atomic E-state index is 4.35. The first-order valence-corrected chi connectivity index (χ1v) is 12.2. The summed E-state index contributed by atoms with van der Waals surface area (Å²) in [6, 6.07) is 46.9. The summed E-state index contributed by atoms with van der Waals surface area (Å²) in [6.45, 7) is 1.07. The molecule has 0 spiro atoms. The maximum Gasteiger partial charge on any atom is 0.0853 e. The first kappa shape index (κ1) is 23.8. The van der Waals surface area contributed by atoms with Crippen LogP contribution in [0.3, 0.4) is 0 Å². The van der Waals surface area contributed by atoms with Crippen LogP contribution < -0.4 is 4.90 Å². The number of nitrogens with zero attached hydrogens (tertiary/aromatic N) is 5. The number of anilines is 3. The molecule has 5 heteroatoms. The van der Waals surface area contributed by atoms with Gasteiger partial charge in [-0.2, -0.15) is 20.5 Å². The van der Waals surface area contributed by atoms with Crippen LogP contribution in [0.2, 0.25) is 0 Å². The van der Waals surface area contributed by atoms with Gasteiger partial charge in [-0.15, -0.1) is 0 Å². The van der Waals surface area contributed by atoms with E-state index in [4.69, 9.17) is 0 Å². The Morgan fingerprint density at radius 2 is 0.730 bits per heavy atom. The van der Waals surface area contributed by atoms with Gasteiger partial charge in [-0.3, -0.25) is 0 Å². The topological polar surface area (TPSA) is 52.7 Å². The molecule has 0 amide bonds. The molecule has 0 atom stereocenters. The minimum atomic E-state index is 0.534. The monoisotopic (exact) mass is 481 g/mol. The summed E-state index contributed by atoms with van der Waals surface area (Å²) >= 11 is 0. The molecule has 0 unspecified atom stereocenters. The second-order valence-corrected chi connectivity index (χ2v) is 8.47. The van der Waals surface area contributed by atoms with Crippen molar-refractivity contribution in [3.8, 4) is 0 Å². The molecule has 0 aliphatic rings. The average molecular weight is 482 g/mol. The zero-order chi connectivity index (χ0) is 25.1. The van der Waals surface area contributed by atoms with Crippen LogP contribution in [-0.2, 0) is 13.1 Å². The lowest BCUT2D eigenvalue weighted by Crippen LogP contribution is -2.09. The molecule has 5 aromatic rings. The highest BCUT2D eigenvalue weighted by molar-refractivity contribution is 5.76. The Hall–Kier alpha value is -4.90. The number of benzene rings is 5. The van der Waals surface area contributed by atoms with Gasteiger partial charge in [-0.25, -0.2) is 0 Å². The summed E-state index contributed by atoms with van der Waals surface area (Å²) in [5.41, 5.74) is 7.18. The summed E-state index contributed by atoms with van der Waals surface area (Å²) in [5, 5.41) is 17.3. The zero-order valence-electron chi connectivity index (χ0n) is 20.4. The fourth-order valence-electron chi connectivity index (χ4n) is 3.91. The highest BCUT2D eigenvalue weighted by Gasteiger charge is 2.12. The molecule has 0 aliphatic carbocycles. The number of hydrogen-bond donors (Lipinski definition) is 0. The van der Waals surface area contributed by atoms with Gasteiger partial charge in [0.25, 0.3) is 0 Å². The van der Waals surface area contributed by atoms with Crippen molar-refractivity contribution >= 4 is 28.4 Å². The van der Waals surface area contributed by atoms with Crippen molar-refractivity contribution < 1.29 is 0 Å². The lowest BCUT2D eigenvalue weighted by atomic mass is 10.1. The van der Waals surface area contributed by atoms with Gasteiger partial charge in [-0.1, -0.05) is 78.9 Å². The highest BCUT2D eigenvalue weighted by atomic mass is 15.1. The third-order valence-corrected chi connectivity index (χ3v) is 5.79. The number of para-hydroxylation sites is 1. The summed E-state index contributed by atoms with van der Waals surface area (Å²) in [6.07, 6.45) is 0. The Morgan fingerprint density at radius 1 is 0.378 bits per heavy atom. The van der Waals surface area contributed by atoms with Gasteiger partial charge in [0.1, 0.15) is 0 Å². The standard InChI is InChI=1S/C32H27N5/c1-4-10-28(11-5-1)35-33-24-26-16-20-31(21-17-26)37(30-14-8-3-9-15-30)32-22-18-27(19-23-32)25-34-36-29-12-6-2-7-13-29/h1-23H,24-25H2. The average Bonchev–Trinajstić information content (AvgIpc) is 2.97. The van der Waals surface area contributed by atoms with E-state index in [1.54, 1.807) is 0 Å². The van der Waals surface area contributed by atoms with Crippen LogP contribution >= 0.6 is 0 Å². The molecule has 0 radical (unpaired) electrons. The first-order chi connectivity index (χ1) is 18.3. The Labute approximate surface area is 217 Å². The molecule has 0 N–H and O–H groups in total. The Kier molecular flexibility index (Phi) is 7.84. The number of rotatable bonds is 9. The number of azo groups is 2. The van der Waals surface area contributed by atoms with Crippen LogP contribution in [0, 0.1) is 0 Å². The van der Waals surface area contributed by atoms with Crippen LogP contribution in [0.4, 0.5) is 28.4 Å². The molecular formula is C32H27N5. The van der Waals surface area contributed by atoms with Gasteiger partial charge in [0.15, 0.2) is 0 Å². The molecule has 0 saturated carbocycles. The predicted molar refractivity (Wildman–Crippen MR) is 150 cm³/mol. The molecular weight excluding hydrogens is 454 g/mol. The molecule has 5 aromatic carbocycles. The van der Waals surface area contributed by atoms with E-state index in [0.717, 1.165) is 39.6 Å². The second-order valence-electron chi connectivity index (χ2n) is 8.47. The van der Waals surface area contributed by atoms with Crippen molar-refractivity contribution in [2.24, 2.45) is 20.5 Å². The van der Waals surface area contributed by atoms with E-state index < -0.39 is 0 Å². The molecule has 37 heavy (non-hydrogen) atoms. The van der Waals surface area contributed by atoms with Crippen LogP contribution in [-0.4, -0.2) is 0 Å². The van der Waals surface area contributed by atoms with Crippen molar-refractivity contribution in [2.75, 3.05) is 4.90 Å². The van der Waals surface area contributed by atoms with E-state index in [-0.39, 0.29) is 0 Å². The van der Waals surface area contributed by atoms with Crippen molar-refractivity contribution in [3.05, 3.63) is 151 Å². The summed E-state index contributed by atoms with van der Waals surface area (Å²) in [5.74, 6) is 0. The van der Waals surface area contributed by atoms with Crippen molar-refractivity contribution in [2.45, 2.75) is 13.1 Å². The lowest BCUT2D eigenvalue weighted by Gasteiger charge is -2.25. The van der Waals surface area contributed by atoms with Crippen molar-refractivity contribution in [1.29, 1.82) is 0 Å². The normalized spacial score (nSPS) is 11.2. The maximum absolute atomic E-state index is 4.35. The molecule has 5 rings (SSSR count). The van der Waals surface area contributed by atoms with Gasteiger partial charge >= 0.3 is 0 Å². The van der Waals surface area contributed by atoms with Crippen LogP contribution in [0.5, 0.6) is 0 Å². The molecule has 0 heterocycles. The molecule has 0 aliphatic heterocycles.